The van der Waals surface area contributed by atoms with Gasteiger partial charge in [0.25, 0.3) is 0 Å². The van der Waals surface area contributed by atoms with E-state index in [1.165, 1.54) is 13.2 Å². The van der Waals surface area contributed by atoms with E-state index >= 15 is 0 Å². The van der Waals surface area contributed by atoms with Crippen molar-refractivity contribution in [3.8, 4) is 17.2 Å². The van der Waals surface area contributed by atoms with Crippen LogP contribution < -0.4 is 14.2 Å². The van der Waals surface area contributed by atoms with Crippen molar-refractivity contribution in [3.63, 3.8) is 0 Å². The molecule has 0 bridgehead atoms. The zero-order valence-electron chi connectivity index (χ0n) is 16.9. The van der Waals surface area contributed by atoms with E-state index < -0.39 is 0 Å². The Kier molecular flexibility index (Phi) is 5.98. The minimum Gasteiger partial charge on any atom is -0.489 e. The molecule has 0 aromatic heterocycles. The van der Waals surface area contributed by atoms with Gasteiger partial charge in [0.1, 0.15) is 12.4 Å². The summed E-state index contributed by atoms with van der Waals surface area (Å²) in [5.41, 5.74) is 2.85. The molecule has 0 aliphatic carbocycles. The molecule has 0 fully saturated rings. The first kappa shape index (κ1) is 20.2. The molecule has 0 spiro atoms. The minimum absolute atomic E-state index is 0.117. The molecule has 0 unspecified atom stereocenters. The molecule has 1 aliphatic heterocycles. The maximum absolute atomic E-state index is 12.4. The summed E-state index contributed by atoms with van der Waals surface area (Å²) in [5.74, 6) is 1.45. The number of ketones is 1. The first-order chi connectivity index (χ1) is 15.1. The smallest absolute Gasteiger partial charge is 0.337 e. The second kappa shape index (κ2) is 9.17. The molecule has 1 aliphatic rings. The van der Waals surface area contributed by atoms with Crippen molar-refractivity contribution in [2.45, 2.75) is 6.61 Å². The maximum atomic E-state index is 12.4. The van der Waals surface area contributed by atoms with Crippen LogP contribution in [-0.2, 0) is 11.3 Å². The largest absolute Gasteiger partial charge is 0.489 e. The number of allylic oxidation sites excluding steroid dienone is 1. The van der Waals surface area contributed by atoms with Crippen LogP contribution in [0.5, 0.6) is 17.2 Å². The lowest BCUT2D eigenvalue weighted by molar-refractivity contribution is 0.0600. The Morgan fingerprint density at radius 3 is 2.35 bits per heavy atom. The van der Waals surface area contributed by atoms with E-state index in [0.717, 1.165) is 11.1 Å². The van der Waals surface area contributed by atoms with Crippen LogP contribution in [0, 0.1) is 0 Å². The molecule has 0 saturated heterocycles. The van der Waals surface area contributed by atoms with Gasteiger partial charge in [0.15, 0.2) is 17.3 Å². The number of benzene rings is 3. The number of carbonyl (C=O) groups excluding carboxylic acids is 2. The number of ether oxygens (including phenoxy) is 4. The summed E-state index contributed by atoms with van der Waals surface area (Å²) in [5, 5.41) is 0. The van der Waals surface area contributed by atoms with Crippen molar-refractivity contribution < 1.29 is 28.5 Å². The number of hydrogen-bond acceptors (Lipinski definition) is 6. The fourth-order valence-electron chi connectivity index (χ4n) is 3.01. The molecule has 0 atom stereocenters. The highest BCUT2D eigenvalue weighted by Gasteiger charge is 2.15. The van der Waals surface area contributed by atoms with Crippen LogP contribution in [0.15, 0.2) is 72.8 Å². The number of methoxy groups -OCH3 is 1. The third kappa shape index (κ3) is 4.93. The fourth-order valence-corrected chi connectivity index (χ4v) is 3.01. The van der Waals surface area contributed by atoms with Crippen LogP contribution in [0.2, 0.25) is 0 Å². The van der Waals surface area contributed by atoms with Crippen molar-refractivity contribution in [2.24, 2.45) is 0 Å². The Balaban J connectivity index is 1.32. The Hall–Kier alpha value is -4.06. The van der Waals surface area contributed by atoms with Gasteiger partial charge in [-0.1, -0.05) is 30.3 Å². The first-order valence-corrected chi connectivity index (χ1v) is 9.64. The summed E-state index contributed by atoms with van der Waals surface area (Å²) >= 11 is 0. The third-order valence-electron chi connectivity index (χ3n) is 4.74. The first-order valence-electron chi connectivity index (χ1n) is 9.64. The van der Waals surface area contributed by atoms with Crippen LogP contribution in [-0.4, -0.2) is 25.7 Å². The average Bonchev–Trinajstić information content (AvgIpc) is 3.29. The van der Waals surface area contributed by atoms with Crippen LogP contribution >= 0.6 is 0 Å². The van der Waals surface area contributed by atoms with E-state index in [-0.39, 0.29) is 18.5 Å². The number of esters is 1. The van der Waals surface area contributed by atoms with Crippen LogP contribution in [0.4, 0.5) is 0 Å². The van der Waals surface area contributed by atoms with E-state index in [1.807, 2.05) is 36.4 Å². The molecule has 0 amide bonds. The number of fused-ring (bicyclic) bond motifs is 1. The lowest BCUT2D eigenvalue weighted by Crippen LogP contribution is -2.01. The predicted octanol–water partition coefficient (Wildman–Crippen LogP) is 4.68. The van der Waals surface area contributed by atoms with Crippen LogP contribution in [0.1, 0.15) is 31.8 Å². The molecule has 31 heavy (non-hydrogen) atoms. The molecule has 0 saturated carbocycles. The van der Waals surface area contributed by atoms with Gasteiger partial charge >= 0.3 is 5.97 Å². The van der Waals surface area contributed by atoms with Gasteiger partial charge in [-0.25, -0.2) is 4.79 Å². The van der Waals surface area contributed by atoms with E-state index in [2.05, 4.69) is 4.74 Å². The highest BCUT2D eigenvalue weighted by Crippen LogP contribution is 2.32. The monoisotopic (exact) mass is 416 g/mol. The van der Waals surface area contributed by atoms with E-state index in [4.69, 9.17) is 14.2 Å². The van der Waals surface area contributed by atoms with Gasteiger partial charge in [0.2, 0.25) is 6.79 Å². The Bertz CT molecular complexity index is 1110. The minimum atomic E-state index is -0.367. The zero-order chi connectivity index (χ0) is 21.6. The summed E-state index contributed by atoms with van der Waals surface area (Å²) in [7, 11) is 1.35. The lowest BCUT2D eigenvalue weighted by atomic mass is 10.1. The second-order valence-corrected chi connectivity index (χ2v) is 6.81. The summed E-state index contributed by atoms with van der Waals surface area (Å²) in [6.45, 7) is 0.551. The van der Waals surface area contributed by atoms with Gasteiger partial charge in [-0.15, -0.1) is 0 Å². The van der Waals surface area contributed by atoms with Gasteiger partial charge in [0, 0.05) is 5.56 Å². The Morgan fingerprint density at radius 1 is 0.903 bits per heavy atom. The summed E-state index contributed by atoms with van der Waals surface area (Å²) in [6.07, 6.45) is 3.28. The lowest BCUT2D eigenvalue weighted by Gasteiger charge is -2.07. The molecule has 4 rings (SSSR count). The summed E-state index contributed by atoms with van der Waals surface area (Å²) < 4.78 is 21.0. The van der Waals surface area contributed by atoms with Gasteiger partial charge in [-0.3, -0.25) is 4.79 Å². The quantitative estimate of drug-likeness (QED) is 0.317. The van der Waals surface area contributed by atoms with Crippen molar-refractivity contribution in [3.05, 3.63) is 95.1 Å². The normalized spacial score (nSPS) is 12.0. The van der Waals surface area contributed by atoms with Gasteiger partial charge < -0.3 is 18.9 Å². The second-order valence-electron chi connectivity index (χ2n) is 6.81. The SMILES string of the molecule is COC(=O)c1ccc(COc2ccc(/C=C/C(=O)c3ccc4c(c3)OCO4)cc2)cc1. The van der Waals surface area contributed by atoms with E-state index in [0.29, 0.717) is 35.0 Å². The fraction of sp³-hybridized carbons (Fsp3) is 0.120. The molecule has 1 heterocycles. The number of carbonyl (C=O) groups is 2. The zero-order valence-corrected chi connectivity index (χ0v) is 16.9. The summed E-state index contributed by atoms with van der Waals surface area (Å²) in [6, 6.07) is 19.6. The molecule has 0 N–H and O–H groups in total. The molecule has 6 nitrogen and oxygen atoms in total. The van der Waals surface area contributed by atoms with Gasteiger partial charge in [0.05, 0.1) is 12.7 Å². The number of hydrogen-bond donors (Lipinski definition) is 0. The summed E-state index contributed by atoms with van der Waals surface area (Å²) in [4.78, 5) is 23.9. The molecule has 3 aromatic carbocycles. The maximum Gasteiger partial charge on any atom is 0.337 e. The van der Waals surface area contributed by atoms with Crippen molar-refractivity contribution >= 4 is 17.8 Å². The van der Waals surface area contributed by atoms with Crippen LogP contribution in [0.3, 0.4) is 0 Å². The Labute approximate surface area is 179 Å². The van der Waals surface area contributed by atoms with E-state index in [9.17, 15) is 9.59 Å². The third-order valence-corrected chi connectivity index (χ3v) is 4.74. The average molecular weight is 416 g/mol. The number of rotatable bonds is 7. The Morgan fingerprint density at radius 2 is 1.61 bits per heavy atom. The molecule has 3 aromatic rings. The van der Waals surface area contributed by atoms with Gasteiger partial charge in [-0.2, -0.15) is 0 Å². The standard InChI is InChI=1S/C25H20O6/c1-28-25(27)19-7-2-18(3-8-19)15-29-21-10-4-17(5-11-21)6-12-22(26)20-9-13-23-24(14-20)31-16-30-23/h2-14H,15-16H2,1H3/b12-6+. The molecule has 0 radical (unpaired) electrons. The van der Waals surface area contributed by atoms with Crippen LogP contribution in [0.25, 0.3) is 6.08 Å². The molecule has 6 heteroatoms. The van der Waals surface area contributed by atoms with E-state index in [1.54, 1.807) is 36.4 Å². The van der Waals surface area contributed by atoms with Gasteiger partial charge in [-0.05, 0) is 59.7 Å². The predicted molar refractivity (Wildman–Crippen MR) is 114 cm³/mol. The molecular weight excluding hydrogens is 396 g/mol. The van der Waals surface area contributed by atoms with Crippen molar-refractivity contribution in [1.82, 2.24) is 0 Å². The van der Waals surface area contributed by atoms with Crippen molar-refractivity contribution in [2.75, 3.05) is 13.9 Å². The highest BCUT2D eigenvalue weighted by atomic mass is 16.7. The van der Waals surface area contributed by atoms with Crippen molar-refractivity contribution in [1.29, 1.82) is 0 Å². The highest BCUT2D eigenvalue weighted by molar-refractivity contribution is 6.07. The molecular formula is C25H20O6. The topological polar surface area (TPSA) is 71.1 Å². The molecule has 156 valence electrons.